The van der Waals surface area contributed by atoms with E-state index in [9.17, 15) is 14.7 Å². The number of rotatable bonds is 5. The molecule has 0 aromatic rings. The number of carbonyl (C=O) groups is 2. The van der Waals surface area contributed by atoms with Gasteiger partial charge in [-0.05, 0) is 43.9 Å². The smallest absolute Gasteiger partial charge is 0.317 e. The molecular weight excluding hydrogens is 256 g/mol. The van der Waals surface area contributed by atoms with Crippen LogP contribution in [0.1, 0.15) is 46.0 Å². The van der Waals surface area contributed by atoms with Gasteiger partial charge in [-0.25, -0.2) is 4.79 Å². The molecule has 4 unspecified atom stereocenters. The molecular formula is C15H26N2O3. The zero-order valence-corrected chi connectivity index (χ0v) is 12.6. The number of aliphatic carboxylic acids is 1. The van der Waals surface area contributed by atoms with Crippen molar-refractivity contribution in [2.45, 2.75) is 58.0 Å². The monoisotopic (exact) mass is 282 g/mol. The highest BCUT2D eigenvalue weighted by molar-refractivity contribution is 5.77. The predicted octanol–water partition coefficient (Wildman–Crippen LogP) is 2.32. The topological polar surface area (TPSA) is 69.6 Å². The lowest BCUT2D eigenvalue weighted by Crippen LogP contribution is -2.52. The van der Waals surface area contributed by atoms with Crippen LogP contribution in [0.2, 0.25) is 0 Å². The van der Waals surface area contributed by atoms with E-state index in [1.165, 1.54) is 0 Å². The van der Waals surface area contributed by atoms with Gasteiger partial charge in [0.2, 0.25) is 0 Å². The molecule has 2 fully saturated rings. The molecule has 2 saturated carbocycles. The number of urea groups is 1. The number of nitrogens with one attached hydrogen (secondary N) is 1. The Morgan fingerprint density at radius 2 is 1.85 bits per heavy atom. The van der Waals surface area contributed by atoms with Gasteiger partial charge in [0.1, 0.15) is 0 Å². The molecule has 4 atom stereocenters. The summed E-state index contributed by atoms with van der Waals surface area (Å²) in [6, 6.07) is -0.0880. The molecule has 0 radical (unpaired) electrons. The van der Waals surface area contributed by atoms with Gasteiger partial charge < -0.3 is 15.3 Å². The lowest BCUT2D eigenvalue weighted by molar-refractivity contribution is -0.144. The molecule has 0 aliphatic heterocycles. The SMILES string of the molecule is CCC(CC)N(C)C(=O)NC1C2CCC(C2)C1C(=O)O. The lowest BCUT2D eigenvalue weighted by atomic mass is 9.84. The number of carbonyl (C=O) groups excluding carboxylic acids is 1. The molecule has 2 rings (SSSR count). The van der Waals surface area contributed by atoms with Crippen LogP contribution in [0.4, 0.5) is 4.79 Å². The number of carboxylic acid groups (broad SMARTS) is 1. The fraction of sp³-hybridized carbons (Fsp3) is 0.867. The Balaban J connectivity index is 2.01. The zero-order valence-electron chi connectivity index (χ0n) is 12.6. The van der Waals surface area contributed by atoms with E-state index in [2.05, 4.69) is 19.2 Å². The third kappa shape index (κ3) is 2.63. The summed E-state index contributed by atoms with van der Waals surface area (Å²) in [6.45, 7) is 4.13. The van der Waals surface area contributed by atoms with Crippen LogP contribution >= 0.6 is 0 Å². The normalized spacial score (nSPS) is 31.6. The number of amides is 2. The van der Waals surface area contributed by atoms with E-state index in [1.54, 1.807) is 11.9 Å². The van der Waals surface area contributed by atoms with Gasteiger partial charge in [-0.2, -0.15) is 0 Å². The van der Waals surface area contributed by atoms with Crippen LogP contribution in [0.3, 0.4) is 0 Å². The first-order chi connectivity index (χ1) is 9.49. The van der Waals surface area contributed by atoms with Gasteiger partial charge in [0.25, 0.3) is 0 Å². The van der Waals surface area contributed by atoms with Crippen LogP contribution in [0, 0.1) is 17.8 Å². The second kappa shape index (κ2) is 6.02. The number of hydrogen-bond donors (Lipinski definition) is 2. The minimum absolute atomic E-state index is 0.123. The second-order valence-corrected chi connectivity index (χ2v) is 6.25. The lowest BCUT2D eigenvalue weighted by Gasteiger charge is -2.33. The summed E-state index contributed by atoms with van der Waals surface area (Å²) in [7, 11) is 1.80. The first-order valence-corrected chi connectivity index (χ1v) is 7.75. The van der Waals surface area contributed by atoms with Crippen LogP contribution in [0.15, 0.2) is 0 Å². The average molecular weight is 282 g/mol. The van der Waals surface area contributed by atoms with Crippen LogP contribution in [0.5, 0.6) is 0 Å². The van der Waals surface area contributed by atoms with Crippen molar-refractivity contribution in [3.8, 4) is 0 Å². The molecule has 0 heterocycles. The van der Waals surface area contributed by atoms with Crippen LogP contribution in [0.25, 0.3) is 0 Å². The predicted molar refractivity (Wildman–Crippen MR) is 76.4 cm³/mol. The first kappa shape index (κ1) is 15.1. The van der Waals surface area contributed by atoms with Crippen molar-refractivity contribution >= 4 is 12.0 Å². The van der Waals surface area contributed by atoms with Gasteiger partial charge in [-0.3, -0.25) is 4.79 Å². The Morgan fingerprint density at radius 3 is 2.40 bits per heavy atom. The molecule has 2 amide bonds. The quantitative estimate of drug-likeness (QED) is 0.813. The summed E-state index contributed by atoms with van der Waals surface area (Å²) in [4.78, 5) is 25.5. The zero-order chi connectivity index (χ0) is 14.9. The van der Waals surface area contributed by atoms with E-state index >= 15 is 0 Å². The van der Waals surface area contributed by atoms with Crippen molar-refractivity contribution in [1.29, 1.82) is 0 Å². The summed E-state index contributed by atoms with van der Waals surface area (Å²) in [5, 5.41) is 12.4. The average Bonchev–Trinajstić information content (AvgIpc) is 3.00. The summed E-state index contributed by atoms with van der Waals surface area (Å²) in [5.74, 6) is -0.554. The molecule has 114 valence electrons. The maximum absolute atomic E-state index is 12.3. The Hall–Kier alpha value is -1.26. The Labute approximate surface area is 120 Å². The van der Waals surface area contributed by atoms with Crippen LogP contribution in [-0.2, 0) is 4.79 Å². The second-order valence-electron chi connectivity index (χ2n) is 6.25. The van der Waals surface area contributed by atoms with Crippen molar-refractivity contribution in [3.05, 3.63) is 0 Å². The number of nitrogens with zero attached hydrogens (tertiary/aromatic N) is 1. The molecule has 5 heteroatoms. The van der Waals surface area contributed by atoms with Crippen LogP contribution in [-0.4, -0.2) is 41.1 Å². The largest absolute Gasteiger partial charge is 0.481 e. The van der Waals surface area contributed by atoms with Gasteiger partial charge in [0.05, 0.1) is 5.92 Å². The summed E-state index contributed by atoms with van der Waals surface area (Å²) < 4.78 is 0. The van der Waals surface area contributed by atoms with Gasteiger partial charge in [0.15, 0.2) is 0 Å². The minimum Gasteiger partial charge on any atom is -0.481 e. The highest BCUT2D eigenvalue weighted by Crippen LogP contribution is 2.48. The summed E-state index contributed by atoms with van der Waals surface area (Å²) in [6.07, 6.45) is 4.83. The molecule has 0 aromatic carbocycles. The van der Waals surface area contributed by atoms with E-state index in [1.807, 2.05) is 0 Å². The van der Waals surface area contributed by atoms with Crippen molar-refractivity contribution in [3.63, 3.8) is 0 Å². The van der Waals surface area contributed by atoms with Gasteiger partial charge in [0, 0.05) is 19.1 Å². The first-order valence-electron chi connectivity index (χ1n) is 7.75. The fourth-order valence-electron chi connectivity index (χ4n) is 4.10. The molecule has 2 aliphatic carbocycles. The van der Waals surface area contributed by atoms with Crippen LogP contribution < -0.4 is 5.32 Å². The maximum Gasteiger partial charge on any atom is 0.317 e. The standard InChI is InChI=1S/C15H26N2O3/c1-4-11(5-2)17(3)15(20)16-13-10-7-6-9(8-10)12(13)14(18)19/h9-13H,4-8H2,1-3H3,(H,16,20)(H,18,19). The molecule has 0 aromatic heterocycles. The Kier molecular flexibility index (Phi) is 4.55. The Bertz CT molecular complexity index is 381. The summed E-state index contributed by atoms with van der Waals surface area (Å²) >= 11 is 0. The van der Waals surface area contributed by atoms with E-state index in [0.29, 0.717) is 5.92 Å². The maximum atomic E-state index is 12.3. The highest BCUT2D eigenvalue weighted by atomic mass is 16.4. The molecule has 0 spiro atoms. The van der Waals surface area contributed by atoms with Gasteiger partial charge in [-0.15, -0.1) is 0 Å². The number of carboxylic acids is 1. The van der Waals surface area contributed by atoms with Gasteiger partial charge in [-0.1, -0.05) is 13.8 Å². The summed E-state index contributed by atoms with van der Waals surface area (Å²) in [5.41, 5.74) is 0. The molecule has 20 heavy (non-hydrogen) atoms. The molecule has 2 aliphatic rings. The van der Waals surface area contributed by atoms with E-state index in [0.717, 1.165) is 32.1 Å². The highest BCUT2D eigenvalue weighted by Gasteiger charge is 2.51. The molecule has 2 bridgehead atoms. The van der Waals surface area contributed by atoms with Crippen molar-refractivity contribution in [2.75, 3.05) is 7.05 Å². The van der Waals surface area contributed by atoms with E-state index in [-0.39, 0.29) is 24.0 Å². The third-order valence-corrected chi connectivity index (χ3v) is 5.30. The molecule has 5 nitrogen and oxygen atoms in total. The number of fused-ring (bicyclic) bond motifs is 2. The van der Waals surface area contributed by atoms with E-state index < -0.39 is 11.9 Å². The van der Waals surface area contributed by atoms with E-state index in [4.69, 9.17) is 0 Å². The third-order valence-electron chi connectivity index (χ3n) is 5.30. The van der Waals surface area contributed by atoms with Crippen molar-refractivity contribution < 1.29 is 14.7 Å². The van der Waals surface area contributed by atoms with Crippen molar-refractivity contribution in [2.24, 2.45) is 17.8 Å². The Morgan fingerprint density at radius 1 is 1.25 bits per heavy atom. The number of hydrogen-bond acceptors (Lipinski definition) is 2. The van der Waals surface area contributed by atoms with Gasteiger partial charge >= 0.3 is 12.0 Å². The fourth-order valence-corrected chi connectivity index (χ4v) is 4.10. The minimum atomic E-state index is -0.757. The van der Waals surface area contributed by atoms with Crippen molar-refractivity contribution in [1.82, 2.24) is 10.2 Å². The molecule has 2 N–H and O–H groups in total. The molecule has 0 saturated heterocycles.